The standard InChI is InChI=1S/C14H17NO3.C13H15NO3.C2H6/c16-13-5-8-17-14-2-1-11(9-12(13)14)18-10-3-6-15-7-4-10;15-13-12-7-11(2-1-9(12)8-16-13)17-10-3-5-14-6-4-10;1-2/h1-2,9-10,15H,3-8H2;1-2,7,10,14H,3-6,8H2;1-2H3. The zero-order valence-electron chi connectivity index (χ0n) is 21.8. The zero-order valence-corrected chi connectivity index (χ0v) is 21.8. The van der Waals surface area contributed by atoms with Crippen molar-refractivity contribution in [2.45, 2.75) is 64.8 Å². The van der Waals surface area contributed by atoms with Gasteiger partial charge in [0.25, 0.3) is 0 Å². The summed E-state index contributed by atoms with van der Waals surface area (Å²) >= 11 is 0. The van der Waals surface area contributed by atoms with Crippen molar-refractivity contribution in [3.05, 3.63) is 53.1 Å². The summed E-state index contributed by atoms with van der Waals surface area (Å²) in [5.41, 5.74) is 2.26. The summed E-state index contributed by atoms with van der Waals surface area (Å²) in [4.78, 5) is 23.2. The van der Waals surface area contributed by atoms with Gasteiger partial charge in [0.15, 0.2) is 5.78 Å². The molecule has 0 radical (unpaired) electrons. The molecule has 2 aromatic rings. The lowest BCUT2D eigenvalue weighted by Gasteiger charge is -2.24. The van der Waals surface area contributed by atoms with E-state index in [1.54, 1.807) is 6.07 Å². The summed E-state index contributed by atoms with van der Waals surface area (Å²) in [6.07, 6.45) is 5.03. The number of carbonyl (C=O) groups excluding carboxylic acids is 2. The molecule has 8 nitrogen and oxygen atoms in total. The number of ketones is 1. The molecule has 2 saturated heterocycles. The molecule has 0 aliphatic carbocycles. The third-order valence-corrected chi connectivity index (χ3v) is 6.68. The first-order valence-corrected chi connectivity index (χ1v) is 13.5. The van der Waals surface area contributed by atoms with Gasteiger partial charge >= 0.3 is 5.97 Å². The smallest absolute Gasteiger partial charge is 0.339 e. The van der Waals surface area contributed by atoms with Crippen LogP contribution >= 0.6 is 0 Å². The molecule has 2 fully saturated rings. The van der Waals surface area contributed by atoms with E-state index in [-0.39, 0.29) is 24.0 Å². The summed E-state index contributed by atoms with van der Waals surface area (Å²) in [5.74, 6) is 2.14. The molecule has 37 heavy (non-hydrogen) atoms. The van der Waals surface area contributed by atoms with E-state index in [0.717, 1.165) is 68.9 Å². The maximum atomic E-state index is 11.8. The Kier molecular flexibility index (Phi) is 9.79. The van der Waals surface area contributed by atoms with Crippen LogP contribution in [0.4, 0.5) is 0 Å². The van der Waals surface area contributed by atoms with Crippen LogP contribution in [-0.2, 0) is 11.3 Å². The lowest BCUT2D eigenvalue weighted by Crippen LogP contribution is -2.34. The minimum atomic E-state index is -0.240. The molecule has 4 aliphatic heterocycles. The highest BCUT2D eigenvalue weighted by Gasteiger charge is 2.23. The molecule has 4 aliphatic rings. The maximum absolute atomic E-state index is 11.8. The van der Waals surface area contributed by atoms with Gasteiger partial charge in [-0.1, -0.05) is 19.9 Å². The molecule has 6 rings (SSSR count). The Hall–Kier alpha value is -3.10. The van der Waals surface area contributed by atoms with Crippen molar-refractivity contribution in [2.24, 2.45) is 0 Å². The van der Waals surface area contributed by atoms with Gasteiger partial charge in [0.2, 0.25) is 0 Å². The number of Topliss-reactive ketones (excluding diaryl/α,β-unsaturated/α-hetero) is 1. The number of hydrogen-bond donors (Lipinski definition) is 2. The molecule has 0 saturated carbocycles. The Balaban J connectivity index is 0.000000162. The van der Waals surface area contributed by atoms with Gasteiger partial charge in [0.1, 0.15) is 36.1 Å². The third kappa shape index (κ3) is 7.23. The number of benzene rings is 2. The van der Waals surface area contributed by atoms with Crippen LogP contribution in [0.5, 0.6) is 17.2 Å². The van der Waals surface area contributed by atoms with Crippen LogP contribution in [0, 0.1) is 0 Å². The molecule has 200 valence electrons. The molecule has 0 bridgehead atoms. The number of cyclic esters (lactones) is 1. The van der Waals surface area contributed by atoms with Gasteiger partial charge in [-0.05, 0) is 82.2 Å². The number of ether oxygens (including phenoxy) is 4. The van der Waals surface area contributed by atoms with E-state index in [1.165, 1.54) is 0 Å². The quantitative estimate of drug-likeness (QED) is 0.588. The van der Waals surface area contributed by atoms with E-state index < -0.39 is 0 Å². The van der Waals surface area contributed by atoms with Crippen LogP contribution in [-0.4, -0.2) is 56.7 Å². The predicted octanol–water partition coefficient (Wildman–Crippen LogP) is 4.30. The Labute approximate surface area is 219 Å². The third-order valence-electron chi connectivity index (χ3n) is 6.68. The number of nitrogens with one attached hydrogen (secondary N) is 2. The van der Waals surface area contributed by atoms with E-state index >= 15 is 0 Å². The highest BCUT2D eigenvalue weighted by atomic mass is 16.5. The maximum Gasteiger partial charge on any atom is 0.339 e. The molecule has 0 spiro atoms. The number of hydrogen-bond acceptors (Lipinski definition) is 8. The zero-order chi connectivity index (χ0) is 26.0. The van der Waals surface area contributed by atoms with Crippen LogP contribution in [0.2, 0.25) is 0 Å². The van der Waals surface area contributed by atoms with Crippen molar-refractivity contribution >= 4 is 11.8 Å². The highest BCUT2D eigenvalue weighted by Crippen LogP contribution is 2.30. The minimum absolute atomic E-state index is 0.145. The largest absolute Gasteiger partial charge is 0.492 e. The van der Waals surface area contributed by atoms with Crippen molar-refractivity contribution in [3.63, 3.8) is 0 Å². The second-order valence-corrected chi connectivity index (χ2v) is 9.21. The number of fused-ring (bicyclic) bond motifs is 2. The fourth-order valence-electron chi connectivity index (χ4n) is 4.69. The van der Waals surface area contributed by atoms with Gasteiger partial charge in [-0.3, -0.25) is 4.79 Å². The summed E-state index contributed by atoms with van der Waals surface area (Å²) < 4.78 is 22.2. The van der Waals surface area contributed by atoms with E-state index in [0.29, 0.717) is 36.5 Å². The first-order chi connectivity index (χ1) is 18.2. The van der Waals surface area contributed by atoms with Crippen LogP contribution < -0.4 is 24.8 Å². The minimum Gasteiger partial charge on any atom is -0.492 e. The van der Waals surface area contributed by atoms with Crippen molar-refractivity contribution in [2.75, 3.05) is 32.8 Å². The Morgan fingerprint density at radius 3 is 1.95 bits per heavy atom. The average Bonchev–Trinajstić information content (AvgIpc) is 3.32. The molecule has 2 aromatic carbocycles. The van der Waals surface area contributed by atoms with E-state index in [1.807, 2.05) is 44.2 Å². The molecule has 4 heterocycles. The molecule has 0 atom stereocenters. The highest BCUT2D eigenvalue weighted by molar-refractivity contribution is 6.00. The van der Waals surface area contributed by atoms with Crippen LogP contribution in [0.25, 0.3) is 0 Å². The molecule has 2 N–H and O–H groups in total. The van der Waals surface area contributed by atoms with Gasteiger partial charge in [-0.2, -0.15) is 0 Å². The van der Waals surface area contributed by atoms with Crippen molar-refractivity contribution in [1.82, 2.24) is 10.6 Å². The molecular formula is C29H38N2O6. The van der Waals surface area contributed by atoms with E-state index in [2.05, 4.69) is 10.6 Å². The van der Waals surface area contributed by atoms with Crippen molar-refractivity contribution in [3.8, 4) is 17.2 Å². The molecular weight excluding hydrogens is 472 g/mol. The van der Waals surface area contributed by atoms with Crippen LogP contribution in [0.1, 0.15) is 72.2 Å². The summed E-state index contributed by atoms with van der Waals surface area (Å²) in [7, 11) is 0. The van der Waals surface area contributed by atoms with Gasteiger partial charge in [0.05, 0.1) is 17.7 Å². The fourth-order valence-corrected chi connectivity index (χ4v) is 4.69. The normalized spacial score (nSPS) is 19.1. The van der Waals surface area contributed by atoms with Crippen molar-refractivity contribution < 1.29 is 28.5 Å². The number of rotatable bonds is 4. The molecule has 8 heteroatoms. The molecule has 0 amide bonds. The lowest BCUT2D eigenvalue weighted by atomic mass is 10.0. The lowest BCUT2D eigenvalue weighted by molar-refractivity contribution is 0.0534. The van der Waals surface area contributed by atoms with E-state index in [4.69, 9.17) is 18.9 Å². The second-order valence-electron chi connectivity index (χ2n) is 9.21. The van der Waals surface area contributed by atoms with Gasteiger partial charge in [-0.25, -0.2) is 4.79 Å². The Bertz CT molecular complexity index is 1060. The number of carbonyl (C=O) groups is 2. The summed E-state index contributed by atoms with van der Waals surface area (Å²) in [6.45, 7) is 8.87. The second kappa shape index (κ2) is 13.4. The van der Waals surface area contributed by atoms with Gasteiger partial charge in [-0.15, -0.1) is 0 Å². The average molecular weight is 511 g/mol. The monoisotopic (exact) mass is 510 g/mol. The van der Waals surface area contributed by atoms with Crippen molar-refractivity contribution in [1.29, 1.82) is 0 Å². The predicted molar refractivity (Wildman–Crippen MR) is 141 cm³/mol. The number of esters is 1. The first kappa shape index (κ1) is 26.9. The van der Waals surface area contributed by atoms with Gasteiger partial charge in [0, 0.05) is 12.0 Å². The topological polar surface area (TPSA) is 95.1 Å². The Morgan fingerprint density at radius 1 is 0.757 bits per heavy atom. The molecule has 0 unspecified atom stereocenters. The van der Waals surface area contributed by atoms with E-state index in [9.17, 15) is 9.59 Å². The van der Waals surface area contributed by atoms with Gasteiger partial charge < -0.3 is 29.6 Å². The first-order valence-electron chi connectivity index (χ1n) is 13.5. The fraction of sp³-hybridized carbons (Fsp3) is 0.517. The Morgan fingerprint density at radius 2 is 1.32 bits per heavy atom. The van der Waals surface area contributed by atoms with Crippen LogP contribution in [0.3, 0.4) is 0 Å². The number of piperidine rings is 2. The SMILES string of the molecule is CC.O=C1CCOc2ccc(OC3CCNCC3)cc21.O=C1OCc2ccc(OC3CCNCC3)cc21. The summed E-state index contributed by atoms with van der Waals surface area (Å²) in [6, 6.07) is 11.2. The van der Waals surface area contributed by atoms with Crippen LogP contribution in [0.15, 0.2) is 36.4 Å². The summed E-state index contributed by atoms with van der Waals surface area (Å²) in [5, 5.41) is 6.60. The molecule has 0 aromatic heterocycles.